The van der Waals surface area contributed by atoms with E-state index in [9.17, 15) is 0 Å². The Balaban J connectivity index is 1.26. The summed E-state index contributed by atoms with van der Waals surface area (Å²) in [6.45, 7) is 0. The van der Waals surface area contributed by atoms with Crippen LogP contribution in [0.4, 0.5) is 0 Å². The predicted octanol–water partition coefficient (Wildman–Crippen LogP) is 4.91. The molecule has 0 heterocycles. The Bertz CT molecular complexity index is 562. The Kier molecular flexibility index (Phi) is 2.10. The minimum absolute atomic E-state index is 0.895. The van der Waals surface area contributed by atoms with Crippen LogP contribution >= 0.6 is 0 Å². The molecule has 2 fully saturated rings. The fourth-order valence-corrected chi connectivity index (χ4v) is 7.05. The quantitative estimate of drug-likeness (QED) is 0.628. The SMILES string of the molecule is C1=CC2CC1C1CC=C(CC3=CCC4C5C=CC(C5)C34)C21. The minimum Gasteiger partial charge on any atom is -0.0848 e. The molecular formula is C21H24. The smallest absolute Gasteiger partial charge is 0.00999 e. The highest BCUT2D eigenvalue weighted by Gasteiger charge is 2.50. The summed E-state index contributed by atoms with van der Waals surface area (Å²) in [6.07, 6.45) is 22.4. The first-order valence-electron chi connectivity index (χ1n) is 9.13. The van der Waals surface area contributed by atoms with Crippen molar-refractivity contribution < 1.29 is 0 Å². The summed E-state index contributed by atoms with van der Waals surface area (Å²) in [7, 11) is 0. The van der Waals surface area contributed by atoms with Gasteiger partial charge in [0.25, 0.3) is 0 Å². The molecule has 108 valence electrons. The maximum absolute atomic E-state index is 2.64. The van der Waals surface area contributed by atoms with Gasteiger partial charge >= 0.3 is 0 Å². The fourth-order valence-electron chi connectivity index (χ4n) is 7.05. The van der Waals surface area contributed by atoms with Crippen LogP contribution in [0.15, 0.2) is 47.6 Å². The van der Waals surface area contributed by atoms with Crippen LogP contribution in [0.3, 0.4) is 0 Å². The zero-order valence-corrected chi connectivity index (χ0v) is 12.6. The molecule has 0 heteroatoms. The summed E-state index contributed by atoms with van der Waals surface area (Å²) in [5.41, 5.74) is 3.66. The van der Waals surface area contributed by atoms with Crippen LogP contribution in [0.5, 0.6) is 0 Å². The van der Waals surface area contributed by atoms with Gasteiger partial charge in [0.2, 0.25) is 0 Å². The molecule has 0 radical (unpaired) electrons. The molecule has 0 aliphatic heterocycles. The van der Waals surface area contributed by atoms with Crippen molar-refractivity contribution in [2.45, 2.75) is 32.1 Å². The van der Waals surface area contributed by atoms with E-state index in [0.717, 1.165) is 47.3 Å². The molecule has 0 aromatic rings. The topological polar surface area (TPSA) is 0 Å². The average Bonchev–Trinajstić information content (AvgIpc) is 3.30. The highest BCUT2D eigenvalue weighted by Crippen LogP contribution is 2.60. The predicted molar refractivity (Wildman–Crippen MR) is 85.5 cm³/mol. The van der Waals surface area contributed by atoms with Crippen LogP contribution in [-0.4, -0.2) is 0 Å². The van der Waals surface area contributed by atoms with Gasteiger partial charge < -0.3 is 0 Å². The van der Waals surface area contributed by atoms with Gasteiger partial charge in [-0.05, 0) is 79.4 Å². The van der Waals surface area contributed by atoms with Gasteiger partial charge in [0.1, 0.15) is 0 Å². The molecule has 21 heavy (non-hydrogen) atoms. The molecule has 0 N–H and O–H groups in total. The van der Waals surface area contributed by atoms with Gasteiger partial charge in [-0.3, -0.25) is 0 Å². The lowest BCUT2D eigenvalue weighted by atomic mass is 9.77. The van der Waals surface area contributed by atoms with E-state index >= 15 is 0 Å². The Morgan fingerprint density at radius 2 is 1.14 bits per heavy atom. The molecule has 2 saturated carbocycles. The summed E-state index contributed by atoms with van der Waals surface area (Å²) in [5.74, 6) is 7.44. The summed E-state index contributed by atoms with van der Waals surface area (Å²) in [6, 6.07) is 0. The zero-order chi connectivity index (χ0) is 13.6. The molecule has 6 aliphatic rings. The monoisotopic (exact) mass is 276 g/mol. The number of rotatable bonds is 2. The highest BCUT2D eigenvalue weighted by molar-refractivity contribution is 5.36. The Labute approximate surface area is 127 Å². The summed E-state index contributed by atoms with van der Waals surface area (Å²) >= 11 is 0. The largest absolute Gasteiger partial charge is 0.0848 e. The molecule has 0 aromatic heterocycles. The first kappa shape index (κ1) is 11.5. The average molecular weight is 276 g/mol. The van der Waals surface area contributed by atoms with Crippen molar-refractivity contribution in [3.8, 4) is 0 Å². The molecule has 8 unspecified atom stereocenters. The summed E-state index contributed by atoms with van der Waals surface area (Å²) in [5, 5.41) is 0. The van der Waals surface area contributed by atoms with E-state index in [4.69, 9.17) is 0 Å². The molecule has 6 aliphatic carbocycles. The standard InChI is InChI=1S/C21H24/c1-3-14-9-12(1)18-7-5-16(20(14)18)11-17-6-8-19-13-2-4-15(10-13)21(17)19/h1-6,12-15,18-21H,7-11H2. The third-order valence-electron chi connectivity index (χ3n) is 7.81. The minimum atomic E-state index is 0.895. The van der Waals surface area contributed by atoms with E-state index in [1.807, 2.05) is 11.1 Å². The Hall–Kier alpha value is -1.04. The van der Waals surface area contributed by atoms with Gasteiger partial charge in [-0.25, -0.2) is 0 Å². The second-order valence-electron chi connectivity index (χ2n) is 8.48. The fraction of sp³-hybridized carbons (Fsp3) is 0.619. The van der Waals surface area contributed by atoms with Crippen molar-refractivity contribution >= 4 is 0 Å². The molecule has 6 rings (SSSR count). The van der Waals surface area contributed by atoms with Crippen molar-refractivity contribution in [1.29, 1.82) is 0 Å². The van der Waals surface area contributed by atoms with Crippen molar-refractivity contribution in [2.75, 3.05) is 0 Å². The maximum atomic E-state index is 2.64. The van der Waals surface area contributed by atoms with Crippen molar-refractivity contribution in [3.05, 3.63) is 47.6 Å². The third kappa shape index (κ3) is 1.38. The lowest BCUT2D eigenvalue weighted by Gasteiger charge is -2.27. The first-order chi connectivity index (χ1) is 10.4. The van der Waals surface area contributed by atoms with E-state index in [1.54, 1.807) is 0 Å². The Morgan fingerprint density at radius 1 is 0.667 bits per heavy atom. The van der Waals surface area contributed by atoms with Gasteiger partial charge in [0.05, 0.1) is 0 Å². The van der Waals surface area contributed by atoms with Crippen molar-refractivity contribution in [1.82, 2.24) is 0 Å². The van der Waals surface area contributed by atoms with Gasteiger partial charge in [-0.15, -0.1) is 0 Å². The van der Waals surface area contributed by atoms with Crippen LogP contribution in [0, 0.1) is 47.3 Å². The molecule has 8 atom stereocenters. The lowest BCUT2D eigenvalue weighted by Crippen LogP contribution is -2.19. The summed E-state index contributed by atoms with van der Waals surface area (Å²) < 4.78 is 0. The number of fused-ring (bicyclic) bond motifs is 10. The van der Waals surface area contributed by atoms with E-state index in [1.165, 1.54) is 32.1 Å². The van der Waals surface area contributed by atoms with Crippen molar-refractivity contribution in [2.24, 2.45) is 47.3 Å². The van der Waals surface area contributed by atoms with Gasteiger partial charge in [0.15, 0.2) is 0 Å². The van der Waals surface area contributed by atoms with Crippen LogP contribution in [0.1, 0.15) is 32.1 Å². The van der Waals surface area contributed by atoms with Crippen molar-refractivity contribution in [3.63, 3.8) is 0 Å². The number of hydrogen-bond donors (Lipinski definition) is 0. The van der Waals surface area contributed by atoms with E-state index in [-0.39, 0.29) is 0 Å². The van der Waals surface area contributed by atoms with Gasteiger partial charge in [-0.2, -0.15) is 0 Å². The summed E-state index contributed by atoms with van der Waals surface area (Å²) in [4.78, 5) is 0. The molecule has 0 spiro atoms. The first-order valence-corrected chi connectivity index (χ1v) is 9.13. The molecule has 0 nitrogen and oxygen atoms in total. The number of hydrogen-bond acceptors (Lipinski definition) is 0. The van der Waals surface area contributed by atoms with E-state index < -0.39 is 0 Å². The van der Waals surface area contributed by atoms with Crippen LogP contribution in [-0.2, 0) is 0 Å². The molecule has 0 amide bonds. The van der Waals surface area contributed by atoms with Crippen LogP contribution < -0.4 is 0 Å². The van der Waals surface area contributed by atoms with Gasteiger partial charge in [-0.1, -0.05) is 47.6 Å². The van der Waals surface area contributed by atoms with E-state index in [0.29, 0.717) is 0 Å². The normalized spacial score (nSPS) is 54.3. The lowest BCUT2D eigenvalue weighted by molar-refractivity contribution is 0.366. The van der Waals surface area contributed by atoms with E-state index in [2.05, 4.69) is 36.5 Å². The zero-order valence-electron chi connectivity index (χ0n) is 12.6. The molecule has 0 saturated heterocycles. The molecule has 0 aromatic carbocycles. The van der Waals surface area contributed by atoms with Crippen LogP contribution in [0.2, 0.25) is 0 Å². The number of allylic oxidation sites excluding steroid dienone is 8. The second-order valence-corrected chi connectivity index (χ2v) is 8.48. The maximum Gasteiger partial charge on any atom is -0.00999 e. The second kappa shape index (κ2) is 3.83. The van der Waals surface area contributed by atoms with Gasteiger partial charge in [0, 0.05) is 0 Å². The third-order valence-corrected chi connectivity index (χ3v) is 7.81. The molecule has 4 bridgehead atoms. The Morgan fingerprint density at radius 3 is 1.67 bits per heavy atom. The van der Waals surface area contributed by atoms with Crippen LogP contribution in [0.25, 0.3) is 0 Å². The molecular weight excluding hydrogens is 252 g/mol. The highest BCUT2D eigenvalue weighted by atomic mass is 14.5.